The zero-order valence-corrected chi connectivity index (χ0v) is 20.1. The largest absolute Gasteiger partial charge is 0.490 e. The van der Waals surface area contributed by atoms with Gasteiger partial charge in [-0.1, -0.05) is 48.5 Å². The number of carboxylic acids is 1. The number of nitriles is 1. The summed E-state index contributed by atoms with van der Waals surface area (Å²) in [4.78, 5) is 23.5. The van der Waals surface area contributed by atoms with Crippen molar-refractivity contribution < 1.29 is 24.2 Å². The molecule has 0 aliphatic heterocycles. The Morgan fingerprint density at radius 2 is 1.72 bits per heavy atom. The van der Waals surface area contributed by atoms with Gasteiger partial charge < -0.3 is 19.9 Å². The van der Waals surface area contributed by atoms with Gasteiger partial charge in [0.1, 0.15) is 18.2 Å². The third-order valence-electron chi connectivity index (χ3n) is 5.31. The van der Waals surface area contributed by atoms with Gasteiger partial charge in [0.25, 0.3) is 5.91 Å². The number of carboxylic acid groups (broad SMARTS) is 1. The number of ether oxygens (including phenoxy) is 2. The smallest absolute Gasteiger partial charge is 0.335 e. The number of benzene rings is 3. The lowest BCUT2D eigenvalue weighted by Gasteiger charge is -2.13. The molecule has 3 aromatic carbocycles. The van der Waals surface area contributed by atoms with Crippen LogP contribution < -0.4 is 14.8 Å². The lowest BCUT2D eigenvalue weighted by Crippen LogP contribution is -2.25. The molecule has 0 saturated heterocycles. The van der Waals surface area contributed by atoms with E-state index in [1.807, 2.05) is 43.3 Å². The van der Waals surface area contributed by atoms with Gasteiger partial charge in [0.05, 0.1) is 12.2 Å². The second kappa shape index (κ2) is 13.4. The average Bonchev–Trinajstić information content (AvgIpc) is 2.90. The second-order valence-corrected chi connectivity index (χ2v) is 7.94. The fourth-order valence-corrected chi connectivity index (χ4v) is 3.46. The van der Waals surface area contributed by atoms with E-state index in [2.05, 4.69) is 5.32 Å². The average molecular weight is 485 g/mol. The predicted molar refractivity (Wildman–Crippen MR) is 137 cm³/mol. The Hall–Kier alpha value is -4.57. The molecule has 0 atom stereocenters. The van der Waals surface area contributed by atoms with Crippen LogP contribution in [0.3, 0.4) is 0 Å². The van der Waals surface area contributed by atoms with E-state index in [1.54, 1.807) is 30.3 Å². The maximum atomic E-state index is 12.5. The standard InChI is InChI=1S/C29H28N2O5/c1-2-35-27-18-23(12-15-26(27)36-20-22-10-13-24(14-11-22)29(33)34)17-25(19-30)28(32)31-16-6-9-21-7-4-3-5-8-21/h3-5,7-8,10-15,17-18H,2,6,9,16,20H2,1H3,(H,31,32)(H,33,34)/b25-17-. The van der Waals surface area contributed by atoms with Gasteiger partial charge in [-0.2, -0.15) is 5.26 Å². The second-order valence-electron chi connectivity index (χ2n) is 7.94. The number of nitrogens with zero attached hydrogens (tertiary/aromatic N) is 1. The summed E-state index contributed by atoms with van der Waals surface area (Å²) in [5, 5.41) is 21.3. The lowest BCUT2D eigenvalue weighted by molar-refractivity contribution is -0.117. The Morgan fingerprint density at radius 3 is 2.39 bits per heavy atom. The van der Waals surface area contributed by atoms with Crippen molar-refractivity contribution in [2.45, 2.75) is 26.4 Å². The number of carbonyl (C=O) groups is 2. The van der Waals surface area contributed by atoms with Crippen molar-refractivity contribution in [2.75, 3.05) is 13.2 Å². The molecular weight excluding hydrogens is 456 g/mol. The molecular formula is C29H28N2O5. The molecule has 0 spiro atoms. The minimum absolute atomic E-state index is 0.00403. The molecule has 3 aromatic rings. The van der Waals surface area contributed by atoms with Crippen LogP contribution in [0, 0.1) is 11.3 Å². The van der Waals surface area contributed by atoms with Crippen LogP contribution in [0.4, 0.5) is 0 Å². The van der Waals surface area contributed by atoms with Crippen molar-refractivity contribution >= 4 is 18.0 Å². The number of hydrogen-bond acceptors (Lipinski definition) is 5. The Bertz CT molecular complexity index is 1240. The quantitative estimate of drug-likeness (QED) is 0.212. The summed E-state index contributed by atoms with van der Waals surface area (Å²) in [7, 11) is 0. The number of nitrogens with one attached hydrogen (secondary N) is 1. The molecule has 0 bridgehead atoms. The monoisotopic (exact) mass is 484 g/mol. The first kappa shape index (κ1) is 26.0. The van der Waals surface area contributed by atoms with E-state index in [-0.39, 0.29) is 17.7 Å². The summed E-state index contributed by atoms with van der Waals surface area (Å²) in [6.45, 7) is 2.95. The first-order valence-corrected chi connectivity index (χ1v) is 11.7. The van der Waals surface area contributed by atoms with Crippen molar-refractivity contribution in [3.8, 4) is 17.6 Å². The molecule has 0 aliphatic carbocycles. The molecule has 0 radical (unpaired) electrons. The van der Waals surface area contributed by atoms with Crippen molar-refractivity contribution in [2.24, 2.45) is 0 Å². The van der Waals surface area contributed by atoms with Crippen LogP contribution >= 0.6 is 0 Å². The number of carbonyl (C=O) groups excluding carboxylic acids is 1. The van der Waals surface area contributed by atoms with Crippen molar-refractivity contribution in [3.63, 3.8) is 0 Å². The van der Waals surface area contributed by atoms with Crippen LogP contribution in [-0.4, -0.2) is 30.1 Å². The molecule has 1 amide bonds. The predicted octanol–water partition coefficient (Wildman–Crippen LogP) is 5.02. The van der Waals surface area contributed by atoms with Gasteiger partial charge in [-0.15, -0.1) is 0 Å². The highest BCUT2D eigenvalue weighted by atomic mass is 16.5. The number of aromatic carboxylic acids is 1. The van der Waals surface area contributed by atoms with Crippen molar-refractivity contribution in [1.29, 1.82) is 5.26 Å². The highest BCUT2D eigenvalue weighted by molar-refractivity contribution is 6.01. The number of rotatable bonds is 12. The highest BCUT2D eigenvalue weighted by Gasteiger charge is 2.11. The molecule has 184 valence electrons. The van der Waals surface area contributed by atoms with E-state index < -0.39 is 11.9 Å². The topological polar surface area (TPSA) is 109 Å². The maximum absolute atomic E-state index is 12.5. The van der Waals surface area contributed by atoms with Crippen LogP contribution in [0.2, 0.25) is 0 Å². The van der Waals surface area contributed by atoms with Gasteiger partial charge in [-0.25, -0.2) is 4.79 Å². The van der Waals surface area contributed by atoms with E-state index in [9.17, 15) is 14.9 Å². The van der Waals surface area contributed by atoms with Crippen LogP contribution in [0.1, 0.15) is 40.4 Å². The minimum atomic E-state index is -0.984. The molecule has 0 fully saturated rings. The summed E-state index contributed by atoms with van der Waals surface area (Å²) in [5.41, 5.74) is 2.85. The molecule has 7 heteroatoms. The molecule has 0 aromatic heterocycles. The Labute approximate surface area is 210 Å². The third-order valence-corrected chi connectivity index (χ3v) is 5.31. The van der Waals surface area contributed by atoms with E-state index in [1.165, 1.54) is 23.8 Å². The van der Waals surface area contributed by atoms with E-state index in [0.29, 0.717) is 30.2 Å². The molecule has 36 heavy (non-hydrogen) atoms. The zero-order chi connectivity index (χ0) is 25.8. The Kier molecular flexibility index (Phi) is 9.66. The van der Waals surface area contributed by atoms with Gasteiger partial charge in [0.15, 0.2) is 11.5 Å². The van der Waals surface area contributed by atoms with Crippen LogP contribution in [0.5, 0.6) is 11.5 Å². The minimum Gasteiger partial charge on any atom is -0.490 e. The van der Waals surface area contributed by atoms with Crippen LogP contribution in [0.25, 0.3) is 6.08 Å². The first-order valence-electron chi connectivity index (χ1n) is 11.7. The normalized spacial score (nSPS) is 10.8. The molecule has 0 saturated carbocycles. The molecule has 0 aliphatic rings. The van der Waals surface area contributed by atoms with E-state index >= 15 is 0 Å². The summed E-state index contributed by atoms with van der Waals surface area (Å²) < 4.78 is 11.6. The van der Waals surface area contributed by atoms with Crippen molar-refractivity contribution in [1.82, 2.24) is 5.32 Å². The summed E-state index contributed by atoms with van der Waals surface area (Å²) in [6.07, 6.45) is 3.13. The fourth-order valence-electron chi connectivity index (χ4n) is 3.46. The van der Waals surface area contributed by atoms with E-state index in [0.717, 1.165) is 18.4 Å². The van der Waals surface area contributed by atoms with E-state index in [4.69, 9.17) is 14.6 Å². The van der Waals surface area contributed by atoms with Gasteiger partial charge in [0, 0.05) is 6.54 Å². The van der Waals surface area contributed by atoms with Crippen molar-refractivity contribution in [3.05, 3.63) is 101 Å². The zero-order valence-electron chi connectivity index (χ0n) is 20.1. The number of hydrogen-bond donors (Lipinski definition) is 2. The van der Waals surface area contributed by atoms with Gasteiger partial charge >= 0.3 is 5.97 Å². The SMILES string of the molecule is CCOc1cc(/C=C(/C#N)C(=O)NCCCc2ccccc2)ccc1OCc1ccc(C(=O)O)cc1. The van der Waals surface area contributed by atoms with Gasteiger partial charge in [0.2, 0.25) is 0 Å². The molecule has 0 unspecified atom stereocenters. The van der Waals surface area contributed by atoms with Crippen LogP contribution in [-0.2, 0) is 17.8 Å². The number of aryl methyl sites for hydroxylation is 1. The molecule has 0 heterocycles. The molecule has 3 rings (SSSR count). The van der Waals surface area contributed by atoms with Crippen LogP contribution in [0.15, 0.2) is 78.4 Å². The third kappa shape index (κ3) is 7.74. The highest BCUT2D eigenvalue weighted by Crippen LogP contribution is 2.30. The Morgan fingerprint density at radius 1 is 0.972 bits per heavy atom. The number of amides is 1. The maximum Gasteiger partial charge on any atom is 0.335 e. The summed E-state index contributed by atoms with van der Waals surface area (Å²) >= 11 is 0. The fraction of sp³-hybridized carbons (Fsp3) is 0.207. The first-order chi connectivity index (χ1) is 17.5. The van der Waals surface area contributed by atoms with Gasteiger partial charge in [-0.3, -0.25) is 4.79 Å². The van der Waals surface area contributed by atoms with Gasteiger partial charge in [-0.05, 0) is 66.8 Å². The lowest BCUT2D eigenvalue weighted by atomic mass is 10.1. The molecule has 2 N–H and O–H groups in total. The molecule has 7 nitrogen and oxygen atoms in total. The summed E-state index contributed by atoms with van der Waals surface area (Å²) in [6, 6.07) is 23.6. The Balaban J connectivity index is 1.62. The summed E-state index contributed by atoms with van der Waals surface area (Å²) in [5.74, 6) is -0.426.